The van der Waals surface area contributed by atoms with Crippen molar-refractivity contribution in [2.75, 3.05) is 4.90 Å². The smallest absolute Gasteiger partial charge is 0.136 e. The molecule has 0 unspecified atom stereocenters. The molecule has 0 aliphatic rings. The minimum Gasteiger partial charge on any atom is -0.456 e. The first-order valence-electron chi connectivity index (χ1n) is 17.3. The fourth-order valence-electron chi connectivity index (χ4n) is 6.35. The summed E-state index contributed by atoms with van der Waals surface area (Å²) in [5.74, 6) is 0. The Morgan fingerprint density at radius 3 is 1.73 bits per heavy atom. The van der Waals surface area contributed by atoms with Crippen LogP contribution in [0.15, 0.2) is 173 Å². The van der Waals surface area contributed by atoms with Crippen LogP contribution in [0.2, 0.25) is 0 Å². The predicted molar refractivity (Wildman–Crippen MR) is 187 cm³/mol. The van der Waals surface area contributed by atoms with Gasteiger partial charge < -0.3 is 13.7 Å². The van der Waals surface area contributed by atoms with Crippen molar-refractivity contribution in [3.8, 4) is 22.3 Å². The highest BCUT2D eigenvalue weighted by Crippen LogP contribution is 2.44. The van der Waals surface area contributed by atoms with Crippen LogP contribution in [0.1, 0.15) is 6.85 Å². The van der Waals surface area contributed by atoms with Crippen LogP contribution in [0, 0.1) is 0 Å². The van der Waals surface area contributed by atoms with Gasteiger partial charge >= 0.3 is 0 Å². The second-order valence-electron chi connectivity index (χ2n) is 11.0. The van der Waals surface area contributed by atoms with Gasteiger partial charge in [0.25, 0.3) is 0 Å². The van der Waals surface area contributed by atoms with Gasteiger partial charge in [0.05, 0.1) is 6.85 Å². The molecular weight excluding hydrogens is 550 g/mol. The van der Waals surface area contributed by atoms with E-state index in [-0.39, 0.29) is 29.9 Å². The summed E-state index contributed by atoms with van der Waals surface area (Å²) in [4.78, 5) is 1.73. The summed E-state index contributed by atoms with van der Waals surface area (Å²) in [6.45, 7) is 0. The molecule has 2 heterocycles. The van der Waals surface area contributed by atoms with Gasteiger partial charge in [0, 0.05) is 38.6 Å². The number of furan rings is 2. The van der Waals surface area contributed by atoms with Crippen LogP contribution in [-0.4, -0.2) is 0 Å². The molecule has 9 aromatic rings. The van der Waals surface area contributed by atoms with Gasteiger partial charge in [-0.3, -0.25) is 0 Å². The van der Waals surface area contributed by atoms with E-state index in [4.69, 9.17) is 15.7 Å². The molecule has 7 aromatic carbocycles. The highest BCUT2D eigenvalue weighted by Gasteiger charge is 2.19. The first-order chi connectivity index (χ1) is 24.4. The molecule has 3 heteroatoms. The van der Waals surface area contributed by atoms with Crippen molar-refractivity contribution in [2.45, 2.75) is 0 Å². The molecule has 0 spiro atoms. The van der Waals surface area contributed by atoms with E-state index in [0.29, 0.717) is 11.4 Å². The number of anilines is 3. The molecule has 0 aliphatic heterocycles. The van der Waals surface area contributed by atoms with Crippen molar-refractivity contribution < 1.29 is 15.7 Å². The molecule has 2 aromatic heterocycles. The fraction of sp³-hybridized carbons (Fsp3) is 0. The van der Waals surface area contributed by atoms with Gasteiger partial charge in [-0.25, -0.2) is 0 Å². The van der Waals surface area contributed by atoms with E-state index in [1.807, 2.05) is 121 Å². The Labute approximate surface area is 267 Å². The topological polar surface area (TPSA) is 29.5 Å². The van der Waals surface area contributed by atoms with Crippen molar-refractivity contribution in [1.82, 2.24) is 0 Å². The maximum Gasteiger partial charge on any atom is 0.136 e. The SMILES string of the molecule is [2H]c1c([2H])c([2H])c(N(c2ccc(-c3ccccc3)cc2)c2ccc(-c3cccc4oc5ccc6oc7ccccc7c6c5c34)cc2)c([2H])c1[2H]. The van der Waals surface area contributed by atoms with E-state index in [2.05, 4.69) is 12.1 Å². The minimum absolute atomic E-state index is 0.0772. The number of rotatable bonds is 5. The third-order valence-corrected chi connectivity index (χ3v) is 8.38. The average molecular weight is 583 g/mol. The Morgan fingerprint density at radius 2 is 0.978 bits per heavy atom. The van der Waals surface area contributed by atoms with Crippen LogP contribution < -0.4 is 4.90 Å². The van der Waals surface area contributed by atoms with Gasteiger partial charge in [-0.05, 0) is 82.9 Å². The number of nitrogens with zero attached hydrogens (tertiary/aromatic N) is 1. The molecule has 0 N–H and O–H groups in total. The molecule has 0 saturated heterocycles. The van der Waals surface area contributed by atoms with E-state index in [0.717, 1.165) is 66.1 Å². The molecule has 0 atom stereocenters. The largest absolute Gasteiger partial charge is 0.456 e. The summed E-state index contributed by atoms with van der Waals surface area (Å²) in [6.07, 6.45) is 0. The number of fused-ring (bicyclic) bond motifs is 7. The molecule has 0 aliphatic carbocycles. The molecule has 45 heavy (non-hydrogen) atoms. The third kappa shape index (κ3) is 4.21. The zero-order valence-corrected chi connectivity index (χ0v) is 24.0. The lowest BCUT2D eigenvalue weighted by Crippen LogP contribution is -2.09. The van der Waals surface area contributed by atoms with Gasteiger partial charge in [-0.15, -0.1) is 0 Å². The first kappa shape index (κ1) is 20.8. The van der Waals surface area contributed by atoms with Gasteiger partial charge in [0.2, 0.25) is 0 Å². The lowest BCUT2D eigenvalue weighted by Gasteiger charge is -2.26. The molecule has 3 nitrogen and oxygen atoms in total. The van der Waals surface area contributed by atoms with Gasteiger partial charge in [0.15, 0.2) is 0 Å². The Balaban J connectivity index is 1.22. The zero-order valence-electron chi connectivity index (χ0n) is 29.0. The lowest BCUT2D eigenvalue weighted by molar-refractivity contribution is 0.663. The van der Waals surface area contributed by atoms with E-state index in [9.17, 15) is 0 Å². The molecule has 9 rings (SSSR count). The number of hydrogen-bond acceptors (Lipinski definition) is 3. The first-order valence-corrected chi connectivity index (χ1v) is 14.8. The maximum atomic E-state index is 8.84. The van der Waals surface area contributed by atoms with Crippen molar-refractivity contribution in [2.24, 2.45) is 0 Å². The van der Waals surface area contributed by atoms with Crippen LogP contribution in [0.25, 0.3) is 66.1 Å². The number of benzene rings is 7. The molecule has 0 amide bonds. The number of hydrogen-bond donors (Lipinski definition) is 0. The normalized spacial score (nSPS) is 13.1. The van der Waals surface area contributed by atoms with E-state index >= 15 is 0 Å². The molecular formula is C42H27NO2. The minimum atomic E-state index is -0.432. The lowest BCUT2D eigenvalue weighted by atomic mass is 9.97. The molecule has 0 saturated carbocycles. The summed E-state index contributed by atoms with van der Waals surface area (Å²) >= 11 is 0. The molecule has 0 fully saturated rings. The van der Waals surface area contributed by atoms with Crippen LogP contribution >= 0.6 is 0 Å². The maximum absolute atomic E-state index is 8.84. The second kappa shape index (κ2) is 10.3. The van der Waals surface area contributed by atoms with Crippen molar-refractivity contribution >= 4 is 60.9 Å². The molecule has 0 radical (unpaired) electrons. The van der Waals surface area contributed by atoms with Crippen LogP contribution in [-0.2, 0) is 0 Å². The van der Waals surface area contributed by atoms with Crippen molar-refractivity contribution in [3.63, 3.8) is 0 Å². The second-order valence-corrected chi connectivity index (χ2v) is 11.0. The van der Waals surface area contributed by atoms with Crippen molar-refractivity contribution in [1.29, 1.82) is 0 Å². The van der Waals surface area contributed by atoms with Gasteiger partial charge in [-0.1, -0.05) is 103 Å². The van der Waals surface area contributed by atoms with Gasteiger partial charge in [-0.2, -0.15) is 0 Å². The Morgan fingerprint density at radius 1 is 0.400 bits per heavy atom. The summed E-state index contributed by atoms with van der Waals surface area (Å²) in [7, 11) is 0. The standard InChI is InChI=1S/C42H27NO2/c1-3-10-28(11-4-1)29-18-22-32(23-19-29)43(31-12-5-2-6-13-31)33-24-20-30(21-25-33)34-15-9-17-37-40(34)42-39(45-37)27-26-38-41(42)35-14-7-8-16-36(35)44-38/h1-27H/i2D,5D,6D,12D,13D. The summed E-state index contributed by atoms with van der Waals surface area (Å²) in [5.41, 5.74) is 8.50. The van der Waals surface area contributed by atoms with Gasteiger partial charge in [0.1, 0.15) is 22.3 Å². The Hall–Kier alpha value is -6.06. The molecule has 0 bridgehead atoms. The summed E-state index contributed by atoms with van der Waals surface area (Å²) in [6, 6.07) is 41.8. The monoisotopic (exact) mass is 582 g/mol. The van der Waals surface area contributed by atoms with E-state index in [1.165, 1.54) is 0 Å². The summed E-state index contributed by atoms with van der Waals surface area (Å²) < 4.78 is 55.3. The van der Waals surface area contributed by atoms with Crippen LogP contribution in [0.3, 0.4) is 0 Å². The van der Waals surface area contributed by atoms with E-state index in [1.54, 1.807) is 4.90 Å². The fourth-order valence-corrected chi connectivity index (χ4v) is 6.35. The van der Waals surface area contributed by atoms with Crippen LogP contribution in [0.5, 0.6) is 0 Å². The zero-order chi connectivity index (χ0) is 34.1. The highest BCUT2D eigenvalue weighted by atomic mass is 16.3. The summed E-state index contributed by atoms with van der Waals surface area (Å²) in [5, 5.41) is 3.99. The Bertz CT molecular complexity index is 2720. The quantitative estimate of drug-likeness (QED) is 0.202. The Kier molecular flexibility index (Phi) is 4.75. The average Bonchev–Trinajstić information content (AvgIpc) is 3.74. The predicted octanol–water partition coefficient (Wildman–Crippen LogP) is 12.3. The van der Waals surface area contributed by atoms with Crippen LogP contribution in [0.4, 0.5) is 17.1 Å². The van der Waals surface area contributed by atoms with Crippen molar-refractivity contribution in [3.05, 3.63) is 164 Å². The van der Waals surface area contributed by atoms with E-state index < -0.39 is 6.04 Å². The third-order valence-electron chi connectivity index (χ3n) is 8.38. The highest BCUT2D eigenvalue weighted by molar-refractivity contribution is 6.28. The molecule has 212 valence electrons. The number of para-hydroxylation sites is 2.